The van der Waals surface area contributed by atoms with Crippen LogP contribution in [0.3, 0.4) is 0 Å². The van der Waals surface area contributed by atoms with E-state index in [4.69, 9.17) is 11.6 Å². The fourth-order valence-electron chi connectivity index (χ4n) is 2.92. The van der Waals surface area contributed by atoms with Crippen LogP contribution in [-0.2, 0) is 11.3 Å². The van der Waals surface area contributed by atoms with E-state index in [1.807, 2.05) is 36.4 Å². The first-order valence-corrected chi connectivity index (χ1v) is 9.75. The van der Waals surface area contributed by atoms with Crippen LogP contribution >= 0.6 is 11.6 Å². The van der Waals surface area contributed by atoms with Crippen LogP contribution in [0, 0.1) is 12.8 Å². The Morgan fingerprint density at radius 2 is 1.93 bits per heavy atom. The van der Waals surface area contributed by atoms with E-state index >= 15 is 0 Å². The number of halogens is 1. The highest BCUT2D eigenvalue weighted by Crippen LogP contribution is 2.30. The van der Waals surface area contributed by atoms with Crippen LogP contribution in [0.1, 0.15) is 34.8 Å². The molecule has 8 heteroatoms. The van der Waals surface area contributed by atoms with E-state index in [0.29, 0.717) is 17.4 Å². The van der Waals surface area contributed by atoms with Gasteiger partial charge in [-0.2, -0.15) is 0 Å². The molecule has 0 saturated heterocycles. The third-order valence-corrected chi connectivity index (χ3v) is 4.89. The standard InChI is InChI=1S/C21H20ClN5O2/c1-13-24-19(26-27(13)18-9-7-16(22)8-10-18)21(29)23-12-14-3-2-4-17(11-14)25-20(28)15-5-6-15/h2-4,7-11,15H,5-6,12H2,1H3,(H,23,29)(H,25,28). The molecule has 0 aliphatic heterocycles. The summed E-state index contributed by atoms with van der Waals surface area (Å²) in [7, 11) is 0. The van der Waals surface area contributed by atoms with Gasteiger partial charge in [0.15, 0.2) is 0 Å². The van der Waals surface area contributed by atoms with Crippen molar-refractivity contribution >= 4 is 29.1 Å². The van der Waals surface area contributed by atoms with E-state index in [1.54, 1.807) is 23.7 Å². The number of nitrogens with one attached hydrogen (secondary N) is 2. The van der Waals surface area contributed by atoms with Crippen molar-refractivity contribution in [1.29, 1.82) is 0 Å². The Morgan fingerprint density at radius 1 is 1.17 bits per heavy atom. The fourth-order valence-corrected chi connectivity index (χ4v) is 3.05. The summed E-state index contributed by atoms with van der Waals surface area (Å²) in [6.07, 6.45) is 1.91. The Hall–Kier alpha value is -3.19. The van der Waals surface area contributed by atoms with Crippen molar-refractivity contribution in [2.75, 3.05) is 5.32 Å². The van der Waals surface area contributed by atoms with Crippen molar-refractivity contribution < 1.29 is 9.59 Å². The first kappa shape index (κ1) is 19.1. The van der Waals surface area contributed by atoms with Crippen LogP contribution < -0.4 is 10.6 Å². The average Bonchev–Trinajstić information content (AvgIpc) is 3.49. The lowest BCUT2D eigenvalue weighted by Gasteiger charge is -2.07. The number of benzene rings is 2. The van der Waals surface area contributed by atoms with E-state index in [2.05, 4.69) is 20.7 Å². The topological polar surface area (TPSA) is 88.9 Å². The molecule has 0 radical (unpaired) electrons. The second-order valence-electron chi connectivity index (χ2n) is 7.02. The van der Waals surface area contributed by atoms with Crippen molar-refractivity contribution in [3.63, 3.8) is 0 Å². The maximum absolute atomic E-state index is 12.5. The van der Waals surface area contributed by atoms with Crippen molar-refractivity contribution in [1.82, 2.24) is 20.1 Å². The predicted octanol–water partition coefficient (Wildman–Crippen LogP) is 3.51. The molecule has 0 atom stereocenters. The zero-order valence-corrected chi connectivity index (χ0v) is 16.6. The van der Waals surface area contributed by atoms with E-state index in [0.717, 1.165) is 29.8 Å². The average molecular weight is 410 g/mol. The van der Waals surface area contributed by atoms with Gasteiger partial charge in [0.05, 0.1) is 5.69 Å². The Kier molecular flexibility index (Phi) is 5.31. The molecule has 3 aromatic rings. The molecule has 0 unspecified atom stereocenters. The van der Waals surface area contributed by atoms with Gasteiger partial charge < -0.3 is 10.6 Å². The van der Waals surface area contributed by atoms with E-state index in [1.165, 1.54) is 0 Å². The van der Waals surface area contributed by atoms with Crippen molar-refractivity contribution in [3.05, 3.63) is 70.8 Å². The van der Waals surface area contributed by atoms with Crippen LogP contribution in [0.4, 0.5) is 5.69 Å². The van der Waals surface area contributed by atoms with Crippen LogP contribution in [0.25, 0.3) is 5.69 Å². The van der Waals surface area contributed by atoms with Gasteiger partial charge in [-0.25, -0.2) is 9.67 Å². The zero-order valence-electron chi connectivity index (χ0n) is 15.9. The van der Waals surface area contributed by atoms with Crippen molar-refractivity contribution in [3.8, 4) is 5.69 Å². The summed E-state index contributed by atoms with van der Waals surface area (Å²) < 4.78 is 1.60. The summed E-state index contributed by atoms with van der Waals surface area (Å²) >= 11 is 5.92. The minimum absolute atomic E-state index is 0.0543. The molecule has 1 fully saturated rings. The Morgan fingerprint density at radius 3 is 2.66 bits per heavy atom. The first-order chi connectivity index (χ1) is 14.0. The van der Waals surface area contributed by atoms with Crippen LogP contribution in [-0.4, -0.2) is 26.6 Å². The lowest BCUT2D eigenvalue weighted by atomic mass is 10.2. The molecule has 29 heavy (non-hydrogen) atoms. The summed E-state index contributed by atoms with van der Waals surface area (Å²) in [5, 5.41) is 10.7. The second-order valence-corrected chi connectivity index (χ2v) is 7.45. The summed E-state index contributed by atoms with van der Waals surface area (Å²) in [6.45, 7) is 2.09. The fraction of sp³-hybridized carbons (Fsp3) is 0.238. The molecule has 4 rings (SSSR count). The zero-order chi connectivity index (χ0) is 20.4. The number of aromatic nitrogens is 3. The SMILES string of the molecule is Cc1nc(C(=O)NCc2cccc(NC(=O)C3CC3)c2)nn1-c1ccc(Cl)cc1. The van der Waals surface area contributed by atoms with E-state index in [-0.39, 0.29) is 23.6 Å². The number of nitrogens with zero attached hydrogens (tertiary/aromatic N) is 3. The lowest BCUT2D eigenvalue weighted by Crippen LogP contribution is -2.24. The molecule has 2 N–H and O–H groups in total. The van der Waals surface area contributed by atoms with Gasteiger partial charge in [-0.3, -0.25) is 9.59 Å². The molecule has 1 aromatic heterocycles. The maximum atomic E-state index is 12.5. The highest BCUT2D eigenvalue weighted by Gasteiger charge is 2.29. The molecule has 148 valence electrons. The molecule has 0 bridgehead atoms. The quantitative estimate of drug-likeness (QED) is 0.652. The van der Waals surface area contributed by atoms with Gasteiger partial charge in [0.25, 0.3) is 5.91 Å². The molecular formula is C21H20ClN5O2. The number of carbonyl (C=O) groups excluding carboxylic acids is 2. The molecule has 2 aromatic carbocycles. The first-order valence-electron chi connectivity index (χ1n) is 9.37. The van der Waals surface area contributed by atoms with Gasteiger partial charge >= 0.3 is 0 Å². The predicted molar refractivity (Wildman–Crippen MR) is 110 cm³/mol. The monoisotopic (exact) mass is 409 g/mol. The third kappa shape index (κ3) is 4.63. The Bertz CT molecular complexity index is 1060. The molecule has 0 spiro atoms. The molecular weight excluding hydrogens is 390 g/mol. The van der Waals surface area contributed by atoms with Crippen LogP contribution in [0.2, 0.25) is 5.02 Å². The Labute approximate surface area is 173 Å². The number of carbonyl (C=O) groups is 2. The Balaban J connectivity index is 1.40. The molecule has 7 nitrogen and oxygen atoms in total. The molecule has 1 heterocycles. The van der Waals surface area contributed by atoms with Gasteiger partial charge in [0, 0.05) is 23.2 Å². The number of hydrogen-bond donors (Lipinski definition) is 2. The van der Waals surface area contributed by atoms with E-state index in [9.17, 15) is 9.59 Å². The summed E-state index contributed by atoms with van der Waals surface area (Å²) in [5.74, 6) is 0.521. The van der Waals surface area contributed by atoms with Crippen LogP contribution in [0.5, 0.6) is 0 Å². The lowest BCUT2D eigenvalue weighted by molar-refractivity contribution is -0.117. The number of aryl methyl sites for hydroxylation is 1. The van der Waals surface area contributed by atoms with E-state index < -0.39 is 0 Å². The number of amides is 2. The number of hydrogen-bond acceptors (Lipinski definition) is 4. The minimum atomic E-state index is -0.367. The number of anilines is 1. The smallest absolute Gasteiger partial charge is 0.291 e. The number of rotatable bonds is 6. The molecule has 1 saturated carbocycles. The van der Waals surface area contributed by atoms with Crippen LogP contribution in [0.15, 0.2) is 48.5 Å². The summed E-state index contributed by atoms with van der Waals surface area (Å²) in [6, 6.07) is 14.6. The minimum Gasteiger partial charge on any atom is -0.345 e. The molecule has 1 aliphatic rings. The van der Waals surface area contributed by atoms with Gasteiger partial charge in [-0.1, -0.05) is 23.7 Å². The van der Waals surface area contributed by atoms with Crippen molar-refractivity contribution in [2.24, 2.45) is 5.92 Å². The largest absolute Gasteiger partial charge is 0.345 e. The molecule has 2 amide bonds. The third-order valence-electron chi connectivity index (χ3n) is 4.64. The normalized spacial score (nSPS) is 13.2. The maximum Gasteiger partial charge on any atom is 0.291 e. The van der Waals surface area contributed by atoms with Gasteiger partial charge in [-0.15, -0.1) is 5.10 Å². The van der Waals surface area contributed by atoms with Gasteiger partial charge in [0.2, 0.25) is 11.7 Å². The highest BCUT2D eigenvalue weighted by atomic mass is 35.5. The molecule has 1 aliphatic carbocycles. The van der Waals surface area contributed by atoms with Gasteiger partial charge in [-0.05, 0) is 61.7 Å². The summed E-state index contributed by atoms with van der Waals surface area (Å²) in [5.41, 5.74) is 2.38. The summed E-state index contributed by atoms with van der Waals surface area (Å²) in [4.78, 5) is 28.6. The van der Waals surface area contributed by atoms with Crippen molar-refractivity contribution in [2.45, 2.75) is 26.3 Å². The highest BCUT2D eigenvalue weighted by molar-refractivity contribution is 6.30. The van der Waals surface area contributed by atoms with Gasteiger partial charge in [0.1, 0.15) is 5.82 Å². The second kappa shape index (κ2) is 8.05.